The van der Waals surface area contributed by atoms with Gasteiger partial charge in [-0.2, -0.15) is 0 Å². The van der Waals surface area contributed by atoms with Crippen LogP contribution < -0.4 is 10.9 Å². The summed E-state index contributed by atoms with van der Waals surface area (Å²) in [5.74, 6) is -0.520. The lowest BCUT2D eigenvalue weighted by Crippen LogP contribution is -2.17. The summed E-state index contributed by atoms with van der Waals surface area (Å²) in [6.07, 6.45) is -0.0397. The Bertz CT molecular complexity index is 909. The number of aromatic amines is 2. The Morgan fingerprint density at radius 3 is 2.57 bits per heavy atom. The van der Waals surface area contributed by atoms with Gasteiger partial charge in [0.2, 0.25) is 5.91 Å². The molecule has 1 aromatic heterocycles. The number of nitrogens with one attached hydrogen (secondary N) is 3. The minimum Gasteiger partial charge on any atom is -0.326 e. The summed E-state index contributed by atoms with van der Waals surface area (Å²) in [7, 11) is 0. The van der Waals surface area contributed by atoms with Crippen LogP contribution in [0.15, 0.2) is 53.3 Å². The fourth-order valence-corrected chi connectivity index (χ4v) is 2.39. The van der Waals surface area contributed by atoms with Crippen LogP contribution in [0.5, 0.6) is 0 Å². The average molecular weight is 309 g/mol. The van der Waals surface area contributed by atoms with Crippen LogP contribution in [0.1, 0.15) is 12.0 Å². The first-order valence-corrected chi connectivity index (χ1v) is 7.18. The van der Waals surface area contributed by atoms with E-state index in [1.807, 2.05) is 18.2 Å². The van der Waals surface area contributed by atoms with Crippen molar-refractivity contribution >= 4 is 28.3 Å². The van der Waals surface area contributed by atoms with Crippen molar-refractivity contribution in [3.63, 3.8) is 0 Å². The number of benzene rings is 2. The van der Waals surface area contributed by atoms with Crippen molar-refractivity contribution in [1.82, 2.24) is 10.2 Å². The lowest BCUT2D eigenvalue weighted by Gasteiger charge is -2.05. The van der Waals surface area contributed by atoms with Crippen LogP contribution >= 0.6 is 0 Å². The SMILES string of the molecule is O=C(CC(=O)Nc1ccccc1)Cc1ccc2c(=O)[nH][nH]c2c1. The van der Waals surface area contributed by atoms with Gasteiger partial charge in [-0.05, 0) is 29.8 Å². The minimum absolute atomic E-state index is 0.144. The maximum Gasteiger partial charge on any atom is 0.271 e. The molecule has 6 nitrogen and oxygen atoms in total. The molecule has 0 atom stereocenters. The van der Waals surface area contributed by atoms with Gasteiger partial charge in [-0.3, -0.25) is 24.6 Å². The van der Waals surface area contributed by atoms with Crippen LogP contribution in [-0.2, 0) is 16.0 Å². The van der Waals surface area contributed by atoms with E-state index in [1.54, 1.807) is 30.3 Å². The van der Waals surface area contributed by atoms with Crippen LogP contribution in [0.25, 0.3) is 10.9 Å². The quantitative estimate of drug-likeness (QED) is 0.629. The second kappa shape index (κ2) is 6.31. The molecule has 0 bridgehead atoms. The number of carbonyl (C=O) groups excluding carboxylic acids is 2. The number of hydrogen-bond donors (Lipinski definition) is 3. The number of carbonyl (C=O) groups is 2. The topological polar surface area (TPSA) is 94.8 Å². The van der Waals surface area contributed by atoms with Crippen molar-refractivity contribution in [3.05, 3.63) is 64.4 Å². The van der Waals surface area contributed by atoms with E-state index in [2.05, 4.69) is 15.5 Å². The maximum atomic E-state index is 12.0. The van der Waals surface area contributed by atoms with E-state index in [9.17, 15) is 14.4 Å². The number of anilines is 1. The third-order valence-corrected chi connectivity index (χ3v) is 3.46. The van der Waals surface area contributed by atoms with Gasteiger partial charge in [0, 0.05) is 12.1 Å². The number of fused-ring (bicyclic) bond motifs is 1. The molecule has 6 heteroatoms. The van der Waals surface area contributed by atoms with Gasteiger partial charge < -0.3 is 5.32 Å². The van der Waals surface area contributed by atoms with E-state index in [-0.39, 0.29) is 30.1 Å². The van der Waals surface area contributed by atoms with Gasteiger partial charge in [0.1, 0.15) is 5.78 Å². The number of Topliss-reactive ketones (excluding diaryl/α,β-unsaturated/α-hetero) is 1. The first-order valence-electron chi connectivity index (χ1n) is 7.18. The van der Waals surface area contributed by atoms with Crippen LogP contribution in [-0.4, -0.2) is 21.9 Å². The van der Waals surface area contributed by atoms with E-state index >= 15 is 0 Å². The lowest BCUT2D eigenvalue weighted by atomic mass is 10.1. The van der Waals surface area contributed by atoms with Crippen LogP contribution in [0, 0.1) is 0 Å². The smallest absolute Gasteiger partial charge is 0.271 e. The van der Waals surface area contributed by atoms with Gasteiger partial charge in [-0.25, -0.2) is 0 Å². The highest BCUT2D eigenvalue weighted by atomic mass is 16.2. The predicted octanol–water partition coefficient (Wildman–Crippen LogP) is 2.00. The summed E-state index contributed by atoms with van der Waals surface area (Å²) in [6, 6.07) is 14.1. The fourth-order valence-electron chi connectivity index (χ4n) is 2.39. The molecule has 23 heavy (non-hydrogen) atoms. The first-order chi connectivity index (χ1) is 11.1. The number of rotatable bonds is 5. The standard InChI is InChI=1S/C17H15N3O3/c21-13(10-16(22)18-12-4-2-1-3-5-12)8-11-6-7-14-15(9-11)19-20-17(14)23/h1-7,9H,8,10H2,(H,18,22)(H2,19,20,23). The molecule has 0 aliphatic heterocycles. The first kappa shape index (κ1) is 14.8. The zero-order valence-electron chi connectivity index (χ0n) is 12.3. The number of hydrogen-bond acceptors (Lipinski definition) is 3. The molecule has 0 fully saturated rings. The highest BCUT2D eigenvalue weighted by Gasteiger charge is 2.11. The minimum atomic E-state index is -0.336. The maximum absolute atomic E-state index is 12.0. The van der Waals surface area contributed by atoms with Crippen molar-refractivity contribution in [3.8, 4) is 0 Å². The number of amides is 1. The van der Waals surface area contributed by atoms with E-state index in [0.29, 0.717) is 16.6 Å². The molecule has 116 valence electrons. The molecule has 0 saturated carbocycles. The number of H-pyrrole nitrogens is 2. The third kappa shape index (κ3) is 3.55. The molecule has 0 aliphatic carbocycles. The lowest BCUT2D eigenvalue weighted by molar-refractivity contribution is -0.125. The molecule has 3 rings (SSSR count). The second-order valence-corrected chi connectivity index (χ2v) is 5.27. The number of aromatic nitrogens is 2. The summed E-state index contributed by atoms with van der Waals surface area (Å²) in [4.78, 5) is 35.3. The molecule has 3 aromatic rings. The summed E-state index contributed by atoms with van der Waals surface area (Å²) in [5, 5.41) is 8.46. The zero-order chi connectivity index (χ0) is 16.2. The Balaban J connectivity index is 1.61. The van der Waals surface area contributed by atoms with Crippen LogP contribution in [0.2, 0.25) is 0 Å². The largest absolute Gasteiger partial charge is 0.326 e. The Morgan fingerprint density at radius 1 is 1.00 bits per heavy atom. The van der Waals surface area contributed by atoms with E-state index in [0.717, 1.165) is 5.56 Å². The van der Waals surface area contributed by atoms with E-state index in [4.69, 9.17) is 0 Å². The molecule has 1 heterocycles. The van der Waals surface area contributed by atoms with Gasteiger partial charge in [0.05, 0.1) is 17.3 Å². The Kier molecular flexibility index (Phi) is 4.05. The van der Waals surface area contributed by atoms with Gasteiger partial charge in [-0.1, -0.05) is 24.3 Å². The van der Waals surface area contributed by atoms with E-state index in [1.165, 1.54) is 0 Å². The van der Waals surface area contributed by atoms with Crippen molar-refractivity contribution in [2.75, 3.05) is 5.32 Å². The molecule has 0 spiro atoms. The second-order valence-electron chi connectivity index (χ2n) is 5.27. The monoisotopic (exact) mass is 309 g/mol. The third-order valence-electron chi connectivity index (χ3n) is 3.46. The number of ketones is 1. The Labute approximate surface area is 131 Å². The highest BCUT2D eigenvalue weighted by molar-refractivity contribution is 6.05. The molecule has 1 amide bonds. The molecule has 0 aliphatic rings. The molecule has 0 unspecified atom stereocenters. The average Bonchev–Trinajstić information content (AvgIpc) is 2.89. The van der Waals surface area contributed by atoms with Crippen molar-refractivity contribution in [1.29, 1.82) is 0 Å². The Morgan fingerprint density at radius 2 is 1.78 bits per heavy atom. The van der Waals surface area contributed by atoms with Crippen molar-refractivity contribution in [2.45, 2.75) is 12.8 Å². The van der Waals surface area contributed by atoms with Crippen LogP contribution in [0.3, 0.4) is 0 Å². The van der Waals surface area contributed by atoms with Gasteiger partial charge >= 0.3 is 0 Å². The fraction of sp³-hybridized carbons (Fsp3) is 0.118. The van der Waals surface area contributed by atoms with Gasteiger partial charge in [-0.15, -0.1) is 0 Å². The molecular weight excluding hydrogens is 294 g/mol. The van der Waals surface area contributed by atoms with E-state index < -0.39 is 0 Å². The summed E-state index contributed by atoms with van der Waals surface area (Å²) >= 11 is 0. The molecule has 0 radical (unpaired) electrons. The number of para-hydroxylation sites is 1. The van der Waals surface area contributed by atoms with Crippen molar-refractivity contribution in [2.24, 2.45) is 0 Å². The molecule has 3 N–H and O–H groups in total. The van der Waals surface area contributed by atoms with Crippen LogP contribution in [0.4, 0.5) is 5.69 Å². The molecular formula is C17H15N3O3. The summed E-state index contributed by atoms with van der Waals surface area (Å²) < 4.78 is 0. The summed E-state index contributed by atoms with van der Waals surface area (Å²) in [5.41, 5.74) is 1.87. The molecule has 2 aromatic carbocycles. The summed E-state index contributed by atoms with van der Waals surface area (Å²) in [6.45, 7) is 0. The highest BCUT2D eigenvalue weighted by Crippen LogP contribution is 2.12. The van der Waals surface area contributed by atoms with Crippen molar-refractivity contribution < 1.29 is 9.59 Å². The Hall–Kier alpha value is -3.15. The van der Waals surface area contributed by atoms with Gasteiger partial charge in [0.25, 0.3) is 5.56 Å². The predicted molar refractivity (Wildman–Crippen MR) is 87.3 cm³/mol. The normalized spacial score (nSPS) is 10.6. The molecule has 0 saturated heterocycles. The zero-order valence-corrected chi connectivity index (χ0v) is 12.3. The van der Waals surface area contributed by atoms with Gasteiger partial charge in [0.15, 0.2) is 0 Å².